The topological polar surface area (TPSA) is 69.6 Å². The summed E-state index contributed by atoms with van der Waals surface area (Å²) >= 11 is 0. The van der Waals surface area contributed by atoms with Crippen molar-refractivity contribution in [3.05, 3.63) is 0 Å². The van der Waals surface area contributed by atoms with Gasteiger partial charge in [0.1, 0.15) is 6.04 Å². The lowest BCUT2D eigenvalue weighted by Crippen LogP contribution is -2.29. The van der Waals surface area contributed by atoms with Crippen LogP contribution in [0.2, 0.25) is 0 Å². The Morgan fingerprint density at radius 2 is 2.56 bits per heavy atom. The minimum absolute atomic E-state index is 0.0317. The molecule has 0 radical (unpaired) electrons. The Morgan fingerprint density at radius 3 is 2.78 bits per heavy atom. The lowest BCUT2D eigenvalue weighted by atomic mass is 10.2. The van der Waals surface area contributed by atoms with E-state index in [4.69, 9.17) is 11.6 Å². The summed E-state index contributed by atoms with van der Waals surface area (Å²) in [5, 5.41) is 19.9. The van der Waals surface area contributed by atoms with E-state index in [0.717, 1.165) is 0 Å². The van der Waals surface area contributed by atoms with Crippen LogP contribution < -0.4 is 5.32 Å². The van der Waals surface area contributed by atoms with E-state index < -0.39 is 18.1 Å². The van der Waals surface area contributed by atoms with Gasteiger partial charge in [0.25, 0.3) is 0 Å². The molecule has 52 valence electrons. The third-order valence-corrected chi connectivity index (χ3v) is 1.29. The Kier molecular flexibility index (Phi) is 1.34. The van der Waals surface area contributed by atoms with Gasteiger partial charge in [0.2, 0.25) is 0 Å². The van der Waals surface area contributed by atoms with Crippen LogP contribution in [0, 0.1) is 0 Å². The maximum Gasteiger partial charge on any atom is 0.320 e. The summed E-state index contributed by atoms with van der Waals surface area (Å²) in [5.41, 5.74) is 0. The van der Waals surface area contributed by atoms with Crippen LogP contribution in [-0.4, -0.2) is 34.8 Å². The van der Waals surface area contributed by atoms with Crippen molar-refractivity contribution in [2.45, 2.75) is 18.5 Å². The fourth-order valence-corrected chi connectivity index (χ4v) is 0.796. The van der Waals surface area contributed by atoms with E-state index >= 15 is 0 Å². The first-order valence-electron chi connectivity index (χ1n) is 3.20. The van der Waals surface area contributed by atoms with Gasteiger partial charge >= 0.3 is 5.97 Å². The van der Waals surface area contributed by atoms with E-state index in [-0.39, 0.29) is 13.0 Å². The molecule has 0 bridgehead atoms. The van der Waals surface area contributed by atoms with Crippen LogP contribution in [0.3, 0.4) is 0 Å². The van der Waals surface area contributed by atoms with E-state index in [2.05, 4.69) is 5.32 Å². The highest BCUT2D eigenvalue weighted by molar-refractivity contribution is 5.73. The monoisotopic (exact) mass is 132 g/mol. The summed E-state index contributed by atoms with van der Waals surface area (Å²) in [6, 6.07) is -0.762. The van der Waals surface area contributed by atoms with E-state index in [1.54, 1.807) is 0 Å². The molecule has 0 aromatic heterocycles. The van der Waals surface area contributed by atoms with Gasteiger partial charge in [0, 0.05) is 13.0 Å². The second-order valence-electron chi connectivity index (χ2n) is 2.04. The van der Waals surface area contributed by atoms with Gasteiger partial charge < -0.3 is 15.5 Å². The second-order valence-corrected chi connectivity index (χ2v) is 2.04. The lowest BCUT2D eigenvalue weighted by molar-refractivity contribution is -0.139. The van der Waals surface area contributed by atoms with Crippen LogP contribution in [0.15, 0.2) is 0 Å². The van der Waals surface area contributed by atoms with Crippen molar-refractivity contribution < 1.29 is 16.4 Å². The Labute approximate surface area is 53.9 Å². The van der Waals surface area contributed by atoms with E-state index in [1.165, 1.54) is 0 Å². The number of hydrogen-bond acceptors (Lipinski definition) is 3. The molecule has 0 amide bonds. The smallest absolute Gasteiger partial charge is 0.320 e. The highest BCUT2D eigenvalue weighted by Gasteiger charge is 2.27. The largest absolute Gasteiger partial charge is 0.480 e. The molecule has 1 heterocycles. The van der Waals surface area contributed by atoms with Gasteiger partial charge in [-0.1, -0.05) is 0 Å². The highest BCUT2D eigenvalue weighted by Crippen LogP contribution is 2.05. The number of β-amino-alcohol motifs (C(OH)–C–C–N with tert-alkyl or cyclic N) is 1. The molecule has 4 nitrogen and oxygen atoms in total. The third-order valence-electron chi connectivity index (χ3n) is 1.29. The van der Waals surface area contributed by atoms with Crippen LogP contribution in [0.4, 0.5) is 0 Å². The minimum atomic E-state index is -1.59. The van der Waals surface area contributed by atoms with Gasteiger partial charge in [0.05, 0.1) is 7.45 Å². The summed E-state index contributed by atoms with van der Waals surface area (Å²) in [5.74, 6) is -1.01. The fourth-order valence-electron chi connectivity index (χ4n) is 0.796. The average molecular weight is 132 g/mol. The van der Waals surface area contributed by atoms with Crippen molar-refractivity contribution in [2.24, 2.45) is 0 Å². The molecule has 1 aliphatic rings. The molecule has 0 saturated carbocycles. The molecule has 9 heavy (non-hydrogen) atoms. The number of carbonyl (C=O) groups is 1. The zero-order valence-electron chi connectivity index (χ0n) is 5.79. The molecule has 3 N–H and O–H groups in total. The Hall–Kier alpha value is -0.610. The van der Waals surface area contributed by atoms with Crippen molar-refractivity contribution in [1.82, 2.24) is 5.32 Å². The van der Waals surface area contributed by atoms with Crippen molar-refractivity contribution in [1.29, 1.82) is 0 Å². The average Bonchev–Trinajstić information content (AvgIpc) is 2.10. The molecule has 0 spiro atoms. The Morgan fingerprint density at radius 1 is 1.89 bits per heavy atom. The van der Waals surface area contributed by atoms with Crippen molar-refractivity contribution in [2.75, 3.05) is 6.54 Å². The number of aliphatic carboxylic acids is 1. The highest BCUT2D eigenvalue weighted by atomic mass is 16.4. The number of aliphatic hydroxyl groups is 1. The summed E-state index contributed by atoms with van der Waals surface area (Å²) < 4.78 is 7.04. The molecule has 1 aliphatic heterocycles. The van der Waals surface area contributed by atoms with Crippen LogP contribution in [0.5, 0.6) is 0 Å². The van der Waals surface area contributed by atoms with Crippen LogP contribution >= 0.6 is 0 Å². The van der Waals surface area contributed by atoms with Crippen molar-refractivity contribution >= 4 is 5.97 Å². The first-order chi connectivity index (χ1) is 4.51. The third kappa shape index (κ3) is 1.40. The van der Waals surface area contributed by atoms with Crippen molar-refractivity contribution in [3.8, 4) is 0 Å². The van der Waals surface area contributed by atoms with Gasteiger partial charge in [-0.05, 0) is 0 Å². The van der Waals surface area contributed by atoms with E-state index in [0.29, 0.717) is 0 Å². The maximum atomic E-state index is 10.2. The summed E-state index contributed by atoms with van der Waals surface area (Å²) in [6.07, 6.45) is -1.63. The molecule has 1 fully saturated rings. The zero-order valence-corrected chi connectivity index (χ0v) is 4.79. The summed E-state index contributed by atoms with van der Waals surface area (Å²) in [6.45, 7) is 0.0317. The standard InChI is InChI=1S/C5H9NO3/c7-3-1-4(5(8)9)6-2-3/h3-4,6-7H,1-2H2,(H,8,9)/t3-,4+/m1/s1/i3D. The molecule has 0 aromatic rings. The molecule has 2 atom stereocenters. The van der Waals surface area contributed by atoms with Crippen LogP contribution in [0.1, 0.15) is 7.79 Å². The molecule has 1 saturated heterocycles. The number of hydrogen-bond donors (Lipinski definition) is 3. The molecule has 0 unspecified atom stereocenters. The molecular formula is C5H9NO3. The van der Waals surface area contributed by atoms with Gasteiger partial charge in [-0.3, -0.25) is 4.79 Å². The van der Waals surface area contributed by atoms with E-state index in [9.17, 15) is 4.79 Å². The van der Waals surface area contributed by atoms with Crippen molar-refractivity contribution in [3.63, 3.8) is 0 Å². The molecule has 4 heteroatoms. The quantitative estimate of drug-likeness (QED) is 0.419. The maximum absolute atomic E-state index is 10.2. The fraction of sp³-hybridized carbons (Fsp3) is 0.800. The normalized spacial score (nSPS) is 44.6. The molecular weight excluding hydrogens is 122 g/mol. The first kappa shape index (κ1) is 5.20. The molecule has 1 rings (SSSR count). The first-order valence-corrected chi connectivity index (χ1v) is 2.70. The van der Waals surface area contributed by atoms with Crippen LogP contribution in [0.25, 0.3) is 0 Å². The SMILES string of the molecule is [2H][C@]1(O)CN[C@H](C(=O)O)C1. The van der Waals surface area contributed by atoms with Gasteiger partial charge in [0.15, 0.2) is 0 Å². The van der Waals surface area contributed by atoms with Gasteiger partial charge in [-0.2, -0.15) is 0 Å². The number of nitrogens with one attached hydrogen (secondary N) is 1. The second kappa shape index (κ2) is 2.33. The minimum Gasteiger partial charge on any atom is -0.480 e. The number of carboxylic acids is 1. The summed E-state index contributed by atoms with van der Waals surface area (Å²) in [4.78, 5) is 10.2. The lowest BCUT2D eigenvalue weighted by Gasteiger charge is -1.99. The predicted molar refractivity (Wildman–Crippen MR) is 30.1 cm³/mol. The predicted octanol–water partition coefficient (Wildman–Crippen LogP) is -1.21. The number of rotatable bonds is 1. The number of carboxylic acid groups (broad SMARTS) is 1. The van der Waals surface area contributed by atoms with Gasteiger partial charge in [-0.25, -0.2) is 0 Å². The zero-order chi connectivity index (χ0) is 7.78. The summed E-state index contributed by atoms with van der Waals surface area (Å²) in [7, 11) is 0. The van der Waals surface area contributed by atoms with E-state index in [1.807, 2.05) is 0 Å². The Balaban J connectivity index is 2.51. The molecule has 0 aromatic carbocycles. The Bertz CT molecular complexity index is 159. The molecule has 0 aliphatic carbocycles. The van der Waals surface area contributed by atoms with Gasteiger partial charge in [-0.15, -0.1) is 0 Å². The van der Waals surface area contributed by atoms with Crippen LogP contribution in [-0.2, 0) is 4.79 Å².